The van der Waals surface area contributed by atoms with Crippen LogP contribution in [0.15, 0.2) is 24.3 Å². The van der Waals surface area contributed by atoms with Gasteiger partial charge in [0.1, 0.15) is 11.9 Å². The van der Waals surface area contributed by atoms with Crippen molar-refractivity contribution in [2.75, 3.05) is 26.2 Å². The van der Waals surface area contributed by atoms with Crippen LogP contribution >= 0.6 is 11.6 Å². The first-order chi connectivity index (χ1) is 12.4. The Kier molecular flexibility index (Phi) is 5.63. The van der Waals surface area contributed by atoms with Crippen molar-refractivity contribution in [2.24, 2.45) is 0 Å². The van der Waals surface area contributed by atoms with Gasteiger partial charge in [-0.15, -0.1) is 0 Å². The Morgan fingerprint density at radius 1 is 1.19 bits per heavy atom. The molecule has 1 fully saturated rings. The summed E-state index contributed by atoms with van der Waals surface area (Å²) in [5.74, 6) is -0.156. The molecule has 5 nitrogen and oxygen atoms in total. The van der Waals surface area contributed by atoms with E-state index in [4.69, 9.17) is 11.6 Å². The summed E-state index contributed by atoms with van der Waals surface area (Å²) in [5.41, 5.74) is 2.64. The zero-order chi connectivity index (χ0) is 18.8. The maximum atomic E-state index is 13.0. The van der Waals surface area contributed by atoms with Crippen molar-refractivity contribution >= 4 is 17.5 Å². The number of hydrogen-bond acceptors (Lipinski definition) is 3. The summed E-state index contributed by atoms with van der Waals surface area (Å²) >= 11 is 6.20. The highest BCUT2D eigenvalue weighted by molar-refractivity contribution is 6.31. The van der Waals surface area contributed by atoms with Crippen LogP contribution in [0.2, 0.25) is 5.02 Å². The fraction of sp³-hybridized carbons (Fsp3) is 0.474. The summed E-state index contributed by atoms with van der Waals surface area (Å²) < 4.78 is 14.7. The maximum absolute atomic E-state index is 13.0. The quantitative estimate of drug-likeness (QED) is 0.820. The first-order valence-electron chi connectivity index (χ1n) is 8.83. The Balaban J connectivity index is 1.57. The van der Waals surface area contributed by atoms with Gasteiger partial charge in [-0.1, -0.05) is 23.7 Å². The molecule has 1 aromatic carbocycles. The van der Waals surface area contributed by atoms with Crippen molar-refractivity contribution in [3.63, 3.8) is 0 Å². The lowest BCUT2D eigenvalue weighted by Crippen LogP contribution is -2.50. The number of halogens is 2. The molecule has 0 spiro atoms. The third-order valence-corrected chi connectivity index (χ3v) is 5.51. The summed E-state index contributed by atoms with van der Waals surface area (Å²) in [4.78, 5) is 17.0. The summed E-state index contributed by atoms with van der Waals surface area (Å²) in [5, 5.41) is 5.02. The van der Waals surface area contributed by atoms with Crippen molar-refractivity contribution in [1.82, 2.24) is 19.6 Å². The van der Waals surface area contributed by atoms with Crippen LogP contribution in [0.1, 0.15) is 29.9 Å². The van der Waals surface area contributed by atoms with E-state index in [2.05, 4.69) is 10.00 Å². The van der Waals surface area contributed by atoms with Gasteiger partial charge in [0.2, 0.25) is 5.91 Å². The van der Waals surface area contributed by atoms with E-state index in [1.807, 2.05) is 37.8 Å². The van der Waals surface area contributed by atoms with Crippen LogP contribution < -0.4 is 0 Å². The predicted molar refractivity (Wildman–Crippen MR) is 99.7 cm³/mol. The number of hydrogen-bond donors (Lipinski definition) is 0. The highest BCUT2D eigenvalue weighted by Gasteiger charge is 2.28. The Morgan fingerprint density at radius 3 is 2.35 bits per heavy atom. The maximum Gasteiger partial charge on any atom is 0.247 e. The molecule has 0 aliphatic carbocycles. The number of amides is 1. The van der Waals surface area contributed by atoms with Crippen LogP contribution in [0.25, 0.3) is 0 Å². The standard InChI is InChI=1S/C19H24ClFN4O/c1-13-18(20)14(2)25(22-13)15(3)19(26)24-10-8-23(9-11-24)12-16-4-6-17(21)7-5-16/h4-7,15H,8-12H2,1-3H3. The molecule has 3 rings (SSSR count). The Bertz CT molecular complexity index is 782. The minimum absolute atomic E-state index is 0.0636. The molecule has 1 amide bonds. The zero-order valence-electron chi connectivity index (χ0n) is 15.4. The number of benzene rings is 1. The Morgan fingerprint density at radius 2 is 1.81 bits per heavy atom. The third kappa shape index (κ3) is 3.91. The highest BCUT2D eigenvalue weighted by atomic mass is 35.5. The van der Waals surface area contributed by atoms with Gasteiger partial charge in [-0.25, -0.2) is 4.39 Å². The molecule has 0 N–H and O–H groups in total. The van der Waals surface area contributed by atoms with E-state index in [1.165, 1.54) is 12.1 Å². The summed E-state index contributed by atoms with van der Waals surface area (Å²) in [6, 6.07) is 6.21. The van der Waals surface area contributed by atoms with Gasteiger partial charge in [0, 0.05) is 32.7 Å². The monoisotopic (exact) mass is 378 g/mol. The van der Waals surface area contributed by atoms with Gasteiger partial charge in [-0.2, -0.15) is 5.10 Å². The number of piperazine rings is 1. The first-order valence-corrected chi connectivity index (χ1v) is 9.21. The Labute approximate surface area is 158 Å². The zero-order valence-corrected chi connectivity index (χ0v) is 16.1. The lowest BCUT2D eigenvalue weighted by Gasteiger charge is -2.36. The molecule has 0 saturated carbocycles. The van der Waals surface area contributed by atoms with Gasteiger partial charge in [-0.3, -0.25) is 14.4 Å². The second-order valence-corrected chi connectivity index (χ2v) is 7.21. The van der Waals surface area contributed by atoms with Crippen LogP contribution in [0.4, 0.5) is 4.39 Å². The van der Waals surface area contributed by atoms with Gasteiger partial charge in [0.05, 0.1) is 16.4 Å². The number of aryl methyl sites for hydroxylation is 1. The average Bonchev–Trinajstić information content (AvgIpc) is 2.90. The molecular weight excluding hydrogens is 355 g/mol. The molecule has 1 aliphatic heterocycles. The van der Waals surface area contributed by atoms with Gasteiger partial charge in [-0.05, 0) is 38.5 Å². The topological polar surface area (TPSA) is 41.4 Å². The number of nitrogens with zero attached hydrogens (tertiary/aromatic N) is 4. The number of aromatic nitrogens is 2. The normalized spacial score (nSPS) is 16.7. The fourth-order valence-electron chi connectivity index (χ4n) is 3.36. The van der Waals surface area contributed by atoms with Crippen molar-refractivity contribution in [2.45, 2.75) is 33.4 Å². The van der Waals surface area contributed by atoms with Crippen LogP contribution in [-0.2, 0) is 11.3 Å². The van der Waals surface area contributed by atoms with E-state index in [-0.39, 0.29) is 17.8 Å². The molecule has 1 aromatic heterocycles. The third-order valence-electron chi connectivity index (χ3n) is 4.96. The summed E-state index contributed by atoms with van der Waals surface area (Å²) in [6.45, 7) is 9.31. The average molecular weight is 379 g/mol. The lowest BCUT2D eigenvalue weighted by atomic mass is 10.2. The van der Waals surface area contributed by atoms with Crippen molar-refractivity contribution < 1.29 is 9.18 Å². The Hall–Kier alpha value is -1.92. The molecule has 1 atom stereocenters. The molecule has 0 radical (unpaired) electrons. The largest absolute Gasteiger partial charge is 0.338 e. The molecule has 1 saturated heterocycles. The molecule has 2 aromatic rings. The second kappa shape index (κ2) is 7.76. The van der Waals surface area contributed by atoms with E-state index < -0.39 is 0 Å². The number of carbonyl (C=O) groups is 1. The van der Waals surface area contributed by atoms with E-state index >= 15 is 0 Å². The van der Waals surface area contributed by atoms with Gasteiger partial charge >= 0.3 is 0 Å². The smallest absolute Gasteiger partial charge is 0.247 e. The van der Waals surface area contributed by atoms with Crippen LogP contribution in [0.5, 0.6) is 0 Å². The van der Waals surface area contributed by atoms with E-state index in [0.717, 1.165) is 36.6 Å². The van der Waals surface area contributed by atoms with Gasteiger partial charge in [0.25, 0.3) is 0 Å². The van der Waals surface area contributed by atoms with Crippen molar-refractivity contribution in [3.05, 3.63) is 52.1 Å². The van der Waals surface area contributed by atoms with Crippen molar-refractivity contribution in [3.8, 4) is 0 Å². The minimum atomic E-state index is -0.371. The van der Waals surface area contributed by atoms with Crippen molar-refractivity contribution in [1.29, 1.82) is 0 Å². The van der Waals surface area contributed by atoms with Crippen LogP contribution in [-0.4, -0.2) is 51.7 Å². The molecule has 7 heteroatoms. The first kappa shape index (κ1) is 18.9. The summed E-state index contributed by atoms with van der Waals surface area (Å²) in [6.07, 6.45) is 0. The predicted octanol–water partition coefficient (Wildman–Crippen LogP) is 3.20. The SMILES string of the molecule is Cc1nn(C(C)C(=O)N2CCN(Cc3ccc(F)cc3)CC2)c(C)c1Cl. The highest BCUT2D eigenvalue weighted by Crippen LogP contribution is 2.23. The van der Waals surface area contributed by atoms with Crippen LogP contribution in [0.3, 0.4) is 0 Å². The molecule has 1 unspecified atom stereocenters. The molecular formula is C19H24ClFN4O. The van der Waals surface area contributed by atoms with Gasteiger partial charge in [0.15, 0.2) is 0 Å². The fourth-order valence-corrected chi connectivity index (χ4v) is 3.49. The van der Waals surface area contributed by atoms with E-state index in [9.17, 15) is 9.18 Å². The van der Waals surface area contributed by atoms with E-state index in [0.29, 0.717) is 18.1 Å². The lowest BCUT2D eigenvalue weighted by molar-refractivity contribution is -0.136. The molecule has 26 heavy (non-hydrogen) atoms. The second-order valence-electron chi connectivity index (χ2n) is 6.83. The minimum Gasteiger partial charge on any atom is -0.338 e. The van der Waals surface area contributed by atoms with E-state index in [1.54, 1.807) is 4.68 Å². The van der Waals surface area contributed by atoms with Gasteiger partial charge < -0.3 is 4.90 Å². The number of rotatable bonds is 4. The summed E-state index contributed by atoms with van der Waals surface area (Å²) in [7, 11) is 0. The van der Waals surface area contributed by atoms with Crippen LogP contribution in [0, 0.1) is 19.7 Å². The molecule has 0 bridgehead atoms. The molecule has 1 aliphatic rings. The molecule has 140 valence electrons. The number of carbonyl (C=O) groups excluding carboxylic acids is 1. The molecule has 2 heterocycles.